The van der Waals surface area contributed by atoms with Gasteiger partial charge in [-0.2, -0.15) is 0 Å². The van der Waals surface area contributed by atoms with Crippen molar-refractivity contribution in [3.63, 3.8) is 0 Å². The van der Waals surface area contributed by atoms with Gasteiger partial charge in [-0.25, -0.2) is 9.38 Å². The van der Waals surface area contributed by atoms with Crippen LogP contribution in [-0.2, 0) is 0 Å². The Morgan fingerprint density at radius 1 is 1.28 bits per heavy atom. The molecule has 1 aliphatic carbocycles. The summed E-state index contributed by atoms with van der Waals surface area (Å²) in [7, 11) is 0. The fraction of sp³-hybridized carbons (Fsp3) is 0.217. The van der Waals surface area contributed by atoms with Gasteiger partial charge in [0.05, 0.1) is 5.69 Å². The van der Waals surface area contributed by atoms with Crippen molar-refractivity contribution in [2.45, 2.75) is 23.1 Å². The maximum absolute atomic E-state index is 13.6. The number of nitrogens with zero attached hydrogens (tertiary/aromatic N) is 1. The molecule has 0 radical (unpaired) electrons. The van der Waals surface area contributed by atoms with Crippen molar-refractivity contribution in [1.29, 1.82) is 0 Å². The van der Waals surface area contributed by atoms with Crippen molar-refractivity contribution in [2.24, 2.45) is 16.8 Å². The molecule has 0 aromatic heterocycles. The Hall–Kier alpha value is -2.37. The largest absolute Gasteiger partial charge is 0.352 e. The molecule has 2 atom stereocenters. The van der Waals surface area contributed by atoms with Crippen LogP contribution in [-0.4, -0.2) is 17.6 Å². The van der Waals surface area contributed by atoms with E-state index in [1.807, 2.05) is 12.1 Å². The van der Waals surface area contributed by atoms with Crippen LogP contribution in [0.15, 0.2) is 75.5 Å². The van der Waals surface area contributed by atoms with Crippen LogP contribution in [0.5, 0.6) is 0 Å². The molecule has 1 N–H and O–H groups in total. The highest BCUT2D eigenvalue weighted by atomic mass is 35.5. The zero-order chi connectivity index (χ0) is 20.4. The quantitative estimate of drug-likeness (QED) is 0.641. The number of benzene rings is 2. The van der Waals surface area contributed by atoms with E-state index in [2.05, 4.69) is 35.5 Å². The summed E-state index contributed by atoms with van der Waals surface area (Å²) < 4.78 is 13.6. The number of aliphatic imine (C=N–C) groups is 1. The standard InChI is InChI=1S/C23H20ClFN2OS/c1-14(15-5-3-2-4-6-15)13-26-23(28)16-7-9-21-19(11-16)27-22(24)18-12-17(25)8-10-20(18)29-21/h2-5,7-12,14-15H,6,13H2,1H3,(H,26,28). The minimum absolute atomic E-state index is 0.140. The van der Waals surface area contributed by atoms with E-state index in [9.17, 15) is 9.18 Å². The average Bonchev–Trinajstić information content (AvgIpc) is 2.87. The molecule has 0 saturated carbocycles. The van der Waals surface area contributed by atoms with E-state index < -0.39 is 0 Å². The third-order valence-corrected chi connectivity index (χ3v) is 6.58. The summed E-state index contributed by atoms with van der Waals surface area (Å²) in [6, 6.07) is 9.85. The molecule has 2 aromatic rings. The molecule has 2 unspecified atom stereocenters. The Labute approximate surface area is 178 Å². The first kappa shape index (κ1) is 19.9. The van der Waals surface area contributed by atoms with Crippen LogP contribution in [0.4, 0.5) is 10.1 Å². The maximum atomic E-state index is 13.6. The highest BCUT2D eigenvalue weighted by molar-refractivity contribution is 7.99. The van der Waals surface area contributed by atoms with Gasteiger partial charge in [0.15, 0.2) is 0 Å². The Morgan fingerprint density at radius 2 is 2.10 bits per heavy atom. The van der Waals surface area contributed by atoms with Crippen LogP contribution >= 0.6 is 23.4 Å². The number of carbonyl (C=O) groups is 1. The highest BCUT2D eigenvalue weighted by Crippen LogP contribution is 2.41. The van der Waals surface area contributed by atoms with Gasteiger partial charge in [-0.05, 0) is 54.7 Å². The number of carbonyl (C=O) groups excluding carboxylic acids is 1. The van der Waals surface area contributed by atoms with E-state index in [0.29, 0.717) is 35.2 Å². The molecule has 2 aliphatic rings. The van der Waals surface area contributed by atoms with Crippen molar-refractivity contribution in [3.8, 4) is 0 Å². The maximum Gasteiger partial charge on any atom is 0.251 e. The lowest BCUT2D eigenvalue weighted by Gasteiger charge is -2.21. The number of rotatable bonds is 4. The van der Waals surface area contributed by atoms with Gasteiger partial charge in [0.25, 0.3) is 5.91 Å². The molecule has 4 rings (SSSR count). The summed E-state index contributed by atoms with van der Waals surface area (Å²) in [6.45, 7) is 2.74. The van der Waals surface area contributed by atoms with Gasteiger partial charge < -0.3 is 5.32 Å². The molecule has 148 valence electrons. The van der Waals surface area contributed by atoms with Gasteiger partial charge >= 0.3 is 0 Å². The van der Waals surface area contributed by atoms with Crippen molar-refractivity contribution in [1.82, 2.24) is 5.32 Å². The summed E-state index contributed by atoms with van der Waals surface area (Å²) in [4.78, 5) is 18.8. The van der Waals surface area contributed by atoms with E-state index in [1.54, 1.807) is 18.2 Å². The van der Waals surface area contributed by atoms with E-state index in [1.165, 1.54) is 23.9 Å². The van der Waals surface area contributed by atoms with Crippen LogP contribution in [0, 0.1) is 17.7 Å². The molecule has 3 nitrogen and oxygen atoms in total. The Balaban J connectivity index is 1.50. The Kier molecular flexibility index (Phi) is 5.88. The molecule has 1 aliphatic heterocycles. The van der Waals surface area contributed by atoms with Crippen molar-refractivity contribution >= 4 is 40.1 Å². The number of nitrogens with one attached hydrogen (secondary N) is 1. The van der Waals surface area contributed by atoms with E-state index in [0.717, 1.165) is 16.2 Å². The summed E-state index contributed by atoms with van der Waals surface area (Å²) in [6.07, 6.45) is 9.44. The molecule has 0 saturated heterocycles. The van der Waals surface area contributed by atoms with Gasteiger partial charge in [0.1, 0.15) is 11.0 Å². The number of allylic oxidation sites excluding steroid dienone is 4. The predicted octanol–water partition coefficient (Wildman–Crippen LogP) is 6.11. The van der Waals surface area contributed by atoms with Crippen LogP contribution < -0.4 is 5.32 Å². The molecule has 0 spiro atoms. The molecular weight excluding hydrogens is 407 g/mol. The average molecular weight is 427 g/mol. The van der Waals surface area contributed by atoms with E-state index >= 15 is 0 Å². The molecule has 6 heteroatoms. The third kappa shape index (κ3) is 4.46. The minimum Gasteiger partial charge on any atom is -0.352 e. The summed E-state index contributed by atoms with van der Waals surface area (Å²) in [5.74, 6) is 0.277. The fourth-order valence-electron chi connectivity index (χ4n) is 3.40. The van der Waals surface area contributed by atoms with E-state index in [-0.39, 0.29) is 16.9 Å². The molecular formula is C23H20ClFN2OS. The smallest absolute Gasteiger partial charge is 0.251 e. The van der Waals surface area contributed by atoms with Crippen molar-refractivity contribution < 1.29 is 9.18 Å². The minimum atomic E-state index is -0.360. The summed E-state index contributed by atoms with van der Waals surface area (Å²) in [5.41, 5.74) is 1.70. The molecule has 0 fully saturated rings. The zero-order valence-corrected chi connectivity index (χ0v) is 17.4. The van der Waals surface area contributed by atoms with Crippen LogP contribution in [0.2, 0.25) is 0 Å². The van der Waals surface area contributed by atoms with Crippen LogP contribution in [0.3, 0.4) is 0 Å². The second-order valence-electron chi connectivity index (χ2n) is 7.23. The van der Waals surface area contributed by atoms with Crippen molar-refractivity contribution in [3.05, 3.63) is 77.6 Å². The molecule has 1 amide bonds. The highest BCUT2D eigenvalue weighted by Gasteiger charge is 2.20. The molecule has 2 aromatic carbocycles. The Morgan fingerprint density at radius 3 is 2.90 bits per heavy atom. The van der Waals surface area contributed by atoms with Crippen LogP contribution in [0.25, 0.3) is 0 Å². The summed E-state index contributed by atoms with van der Waals surface area (Å²) >= 11 is 7.79. The SMILES string of the molecule is CC(CNC(=O)c1ccc2c(c1)N=C(Cl)c1cc(F)ccc1S2)C1C=CC=CC1. The number of hydrogen-bond donors (Lipinski definition) is 1. The zero-order valence-electron chi connectivity index (χ0n) is 15.9. The molecule has 0 bridgehead atoms. The summed E-state index contributed by atoms with van der Waals surface area (Å²) in [5, 5.41) is 3.24. The van der Waals surface area contributed by atoms with Gasteiger partial charge in [0, 0.05) is 27.5 Å². The lowest BCUT2D eigenvalue weighted by molar-refractivity contribution is 0.0945. The van der Waals surface area contributed by atoms with Gasteiger partial charge in [-0.3, -0.25) is 4.79 Å². The lowest BCUT2D eigenvalue weighted by atomic mass is 9.88. The van der Waals surface area contributed by atoms with Crippen LogP contribution in [0.1, 0.15) is 29.3 Å². The number of amides is 1. The van der Waals surface area contributed by atoms with Gasteiger partial charge in [-0.15, -0.1) is 0 Å². The number of halogens is 2. The topological polar surface area (TPSA) is 41.5 Å². The first-order valence-corrected chi connectivity index (χ1v) is 10.7. The predicted molar refractivity (Wildman–Crippen MR) is 117 cm³/mol. The van der Waals surface area contributed by atoms with Gasteiger partial charge in [-0.1, -0.05) is 54.6 Å². The third-order valence-electron chi connectivity index (χ3n) is 5.15. The Bertz CT molecular complexity index is 1050. The monoisotopic (exact) mass is 426 g/mol. The number of hydrogen-bond acceptors (Lipinski definition) is 3. The van der Waals surface area contributed by atoms with Gasteiger partial charge in [0.2, 0.25) is 0 Å². The van der Waals surface area contributed by atoms with E-state index in [4.69, 9.17) is 11.6 Å². The second-order valence-corrected chi connectivity index (χ2v) is 8.67. The first-order chi connectivity index (χ1) is 14.0. The lowest BCUT2D eigenvalue weighted by Crippen LogP contribution is -2.31. The number of fused-ring (bicyclic) bond motifs is 2. The fourth-order valence-corrected chi connectivity index (χ4v) is 4.69. The normalized spacial score (nSPS) is 18.3. The second kappa shape index (κ2) is 8.56. The first-order valence-electron chi connectivity index (χ1n) is 9.49. The molecule has 1 heterocycles. The van der Waals surface area contributed by atoms with Crippen molar-refractivity contribution in [2.75, 3.05) is 6.54 Å². The molecule has 29 heavy (non-hydrogen) atoms.